The van der Waals surface area contributed by atoms with E-state index in [1.807, 2.05) is 11.7 Å². The number of hydrogen-bond acceptors (Lipinski definition) is 2. The van der Waals surface area contributed by atoms with Crippen molar-refractivity contribution in [1.29, 1.82) is 0 Å². The zero-order valence-corrected chi connectivity index (χ0v) is 14.3. The fourth-order valence-corrected chi connectivity index (χ4v) is 4.25. The van der Waals surface area contributed by atoms with Crippen LogP contribution >= 0.6 is 31.9 Å². The molecule has 5 heteroatoms. The molecule has 0 fully saturated rings. The molecule has 0 aliphatic rings. The first-order valence-corrected chi connectivity index (χ1v) is 8.38. The summed E-state index contributed by atoms with van der Waals surface area (Å²) in [6.45, 7) is 2.16. The van der Waals surface area contributed by atoms with Gasteiger partial charge in [0, 0.05) is 29.5 Å². The number of aryl methyl sites for hydroxylation is 2. The Bertz CT molecular complexity index is 547. The predicted octanol–water partition coefficient (Wildman–Crippen LogP) is 3.39. The maximum atomic E-state index is 4.36. The van der Waals surface area contributed by atoms with E-state index in [-0.39, 0.29) is 5.41 Å². The van der Waals surface area contributed by atoms with Gasteiger partial charge in [0.05, 0.1) is 0 Å². The van der Waals surface area contributed by atoms with Gasteiger partial charge in [-0.1, -0.05) is 56.1 Å². The average Bonchev–Trinajstić information content (AvgIpc) is 2.82. The molecule has 0 saturated carbocycles. The van der Waals surface area contributed by atoms with E-state index in [2.05, 4.69) is 73.1 Å². The number of nitrogens with zero attached hydrogens (tertiary/aromatic N) is 3. The molecule has 0 bridgehead atoms. The van der Waals surface area contributed by atoms with Crippen LogP contribution in [0.3, 0.4) is 0 Å². The van der Waals surface area contributed by atoms with Crippen LogP contribution in [0.1, 0.15) is 17.0 Å². The van der Waals surface area contributed by atoms with Crippen LogP contribution < -0.4 is 0 Å². The summed E-state index contributed by atoms with van der Waals surface area (Å²) < 4.78 is 1.85. The van der Waals surface area contributed by atoms with Gasteiger partial charge in [0.2, 0.25) is 0 Å². The normalized spacial score (nSPS) is 11.8. The third kappa shape index (κ3) is 2.92. The summed E-state index contributed by atoms with van der Waals surface area (Å²) in [5.41, 5.74) is 2.65. The molecule has 0 amide bonds. The molecule has 1 heterocycles. The summed E-state index contributed by atoms with van der Waals surface area (Å²) in [7, 11) is 1.94. The summed E-state index contributed by atoms with van der Waals surface area (Å²) in [6, 6.07) is 8.54. The van der Waals surface area contributed by atoms with E-state index >= 15 is 0 Å². The molecule has 102 valence electrons. The van der Waals surface area contributed by atoms with Gasteiger partial charge in [-0.25, -0.2) is 4.98 Å². The molecule has 1 aromatic heterocycles. The Hall–Kier alpha value is -0.680. The van der Waals surface area contributed by atoms with Gasteiger partial charge in [-0.2, -0.15) is 5.10 Å². The third-order valence-corrected chi connectivity index (χ3v) is 5.68. The van der Waals surface area contributed by atoms with Crippen molar-refractivity contribution in [3.63, 3.8) is 0 Å². The number of rotatable bonds is 5. The van der Waals surface area contributed by atoms with Gasteiger partial charge in [-0.15, -0.1) is 0 Å². The Morgan fingerprint density at radius 2 is 1.89 bits per heavy atom. The molecule has 3 nitrogen and oxygen atoms in total. The highest BCUT2D eigenvalue weighted by molar-refractivity contribution is 9.09. The summed E-state index contributed by atoms with van der Waals surface area (Å²) in [4.78, 5) is 4.36. The van der Waals surface area contributed by atoms with E-state index in [1.165, 1.54) is 11.1 Å². The highest BCUT2D eigenvalue weighted by Crippen LogP contribution is 2.34. The molecule has 19 heavy (non-hydrogen) atoms. The molecule has 0 aliphatic heterocycles. The number of alkyl halides is 2. The topological polar surface area (TPSA) is 30.7 Å². The standard InChI is InChI=1S/C14H17Br2N3/c1-11-5-3-4-6-12(11)14(8-15,9-16)7-13-17-10-18-19(13)2/h3-6,10H,7-9H2,1-2H3. The minimum absolute atomic E-state index is 0.00780. The lowest BCUT2D eigenvalue weighted by molar-refractivity contribution is 0.512. The quantitative estimate of drug-likeness (QED) is 0.737. The molecule has 2 aromatic rings. The lowest BCUT2D eigenvalue weighted by Gasteiger charge is -2.31. The van der Waals surface area contributed by atoms with Crippen molar-refractivity contribution in [2.24, 2.45) is 7.05 Å². The molecule has 0 unspecified atom stereocenters. The van der Waals surface area contributed by atoms with E-state index in [9.17, 15) is 0 Å². The van der Waals surface area contributed by atoms with Crippen molar-refractivity contribution in [2.45, 2.75) is 18.8 Å². The monoisotopic (exact) mass is 385 g/mol. The predicted molar refractivity (Wildman–Crippen MR) is 85.2 cm³/mol. The molecule has 0 N–H and O–H groups in total. The van der Waals surface area contributed by atoms with Crippen LogP contribution in [0, 0.1) is 6.92 Å². The summed E-state index contributed by atoms with van der Waals surface area (Å²) in [6.07, 6.45) is 2.46. The van der Waals surface area contributed by atoms with Gasteiger partial charge in [-0.3, -0.25) is 4.68 Å². The van der Waals surface area contributed by atoms with Crippen LogP contribution in [0.15, 0.2) is 30.6 Å². The van der Waals surface area contributed by atoms with Gasteiger partial charge < -0.3 is 0 Å². The van der Waals surface area contributed by atoms with Gasteiger partial charge >= 0.3 is 0 Å². The highest BCUT2D eigenvalue weighted by Gasteiger charge is 2.33. The second-order valence-electron chi connectivity index (χ2n) is 4.84. The molecule has 1 aromatic carbocycles. The van der Waals surface area contributed by atoms with Crippen molar-refractivity contribution >= 4 is 31.9 Å². The molecule has 0 atom stereocenters. The lowest BCUT2D eigenvalue weighted by Crippen LogP contribution is -2.34. The molecular formula is C14H17Br2N3. The Kier molecular flexibility index (Phi) is 4.79. The maximum absolute atomic E-state index is 4.36. The minimum atomic E-state index is -0.00780. The maximum Gasteiger partial charge on any atom is 0.138 e. The minimum Gasteiger partial charge on any atom is -0.253 e. The Morgan fingerprint density at radius 3 is 2.42 bits per heavy atom. The fraction of sp³-hybridized carbons (Fsp3) is 0.429. The van der Waals surface area contributed by atoms with Crippen molar-refractivity contribution in [2.75, 3.05) is 10.7 Å². The Morgan fingerprint density at radius 1 is 1.21 bits per heavy atom. The van der Waals surface area contributed by atoms with Crippen LogP contribution in [-0.2, 0) is 18.9 Å². The number of halogens is 2. The zero-order valence-electron chi connectivity index (χ0n) is 11.1. The largest absolute Gasteiger partial charge is 0.253 e. The number of aromatic nitrogens is 3. The molecule has 0 aliphatic carbocycles. The SMILES string of the molecule is Cc1ccccc1C(CBr)(CBr)Cc1ncnn1C. The van der Waals surface area contributed by atoms with Crippen LogP contribution in [0.2, 0.25) is 0 Å². The van der Waals surface area contributed by atoms with Crippen LogP contribution in [-0.4, -0.2) is 25.4 Å². The zero-order chi connectivity index (χ0) is 13.9. The van der Waals surface area contributed by atoms with E-state index in [0.717, 1.165) is 22.9 Å². The van der Waals surface area contributed by atoms with Crippen LogP contribution in [0.25, 0.3) is 0 Å². The van der Waals surface area contributed by atoms with Gasteiger partial charge in [0.1, 0.15) is 12.2 Å². The fourth-order valence-electron chi connectivity index (χ4n) is 2.32. The lowest BCUT2D eigenvalue weighted by atomic mass is 9.79. The van der Waals surface area contributed by atoms with Crippen LogP contribution in [0.4, 0.5) is 0 Å². The molecule has 0 radical (unpaired) electrons. The number of hydrogen-bond donors (Lipinski definition) is 0. The molecule has 0 saturated heterocycles. The molecule has 0 spiro atoms. The molecular weight excluding hydrogens is 370 g/mol. The van der Waals surface area contributed by atoms with E-state index in [1.54, 1.807) is 6.33 Å². The second-order valence-corrected chi connectivity index (χ2v) is 5.96. The van der Waals surface area contributed by atoms with Crippen molar-refractivity contribution in [1.82, 2.24) is 14.8 Å². The highest BCUT2D eigenvalue weighted by atomic mass is 79.9. The summed E-state index contributed by atoms with van der Waals surface area (Å²) in [5.74, 6) is 1.00. The van der Waals surface area contributed by atoms with E-state index in [4.69, 9.17) is 0 Å². The van der Waals surface area contributed by atoms with Gasteiger partial charge in [0.15, 0.2) is 0 Å². The Labute approximate surface area is 130 Å². The Balaban J connectivity index is 2.44. The van der Waals surface area contributed by atoms with Crippen LogP contribution in [0.5, 0.6) is 0 Å². The smallest absolute Gasteiger partial charge is 0.138 e. The first-order valence-electron chi connectivity index (χ1n) is 6.14. The van der Waals surface area contributed by atoms with Crippen molar-refractivity contribution in [3.8, 4) is 0 Å². The third-order valence-electron chi connectivity index (χ3n) is 3.53. The van der Waals surface area contributed by atoms with Crippen molar-refractivity contribution < 1.29 is 0 Å². The average molecular weight is 387 g/mol. The van der Waals surface area contributed by atoms with Gasteiger partial charge in [-0.05, 0) is 18.1 Å². The van der Waals surface area contributed by atoms with E-state index < -0.39 is 0 Å². The van der Waals surface area contributed by atoms with E-state index in [0.29, 0.717) is 0 Å². The second kappa shape index (κ2) is 6.18. The summed E-state index contributed by atoms with van der Waals surface area (Å²) >= 11 is 7.37. The molecule has 2 rings (SSSR count). The first-order chi connectivity index (χ1) is 9.13. The number of benzene rings is 1. The summed E-state index contributed by atoms with van der Waals surface area (Å²) in [5, 5.41) is 5.92. The van der Waals surface area contributed by atoms with Gasteiger partial charge in [0.25, 0.3) is 0 Å². The first kappa shape index (κ1) is 14.7. The van der Waals surface area contributed by atoms with Crippen molar-refractivity contribution in [3.05, 3.63) is 47.5 Å².